The molecule has 0 aliphatic carbocycles. The first-order valence-corrected chi connectivity index (χ1v) is 6.57. The highest BCUT2D eigenvalue weighted by Crippen LogP contribution is 2.19. The van der Waals surface area contributed by atoms with Crippen molar-refractivity contribution in [1.29, 1.82) is 0 Å². The lowest BCUT2D eigenvalue weighted by Crippen LogP contribution is -2.13. The summed E-state index contributed by atoms with van der Waals surface area (Å²) in [5, 5.41) is 0. The van der Waals surface area contributed by atoms with Crippen molar-refractivity contribution in [2.45, 2.75) is 46.1 Å². The Bertz CT molecular complexity index is 315. The minimum Gasteiger partial charge on any atom is -0.493 e. The summed E-state index contributed by atoms with van der Waals surface area (Å²) in [6.07, 6.45) is 8.48. The van der Waals surface area contributed by atoms with Crippen molar-refractivity contribution in [2.75, 3.05) is 6.61 Å². The molecule has 3 heteroatoms. The van der Waals surface area contributed by atoms with Crippen molar-refractivity contribution in [2.24, 2.45) is 11.7 Å². The molecular weight excluding hydrogens is 212 g/mol. The van der Waals surface area contributed by atoms with Crippen LogP contribution in [0.25, 0.3) is 0 Å². The molecule has 1 aromatic rings. The van der Waals surface area contributed by atoms with Crippen LogP contribution < -0.4 is 10.5 Å². The van der Waals surface area contributed by atoms with Gasteiger partial charge in [-0.3, -0.25) is 4.98 Å². The van der Waals surface area contributed by atoms with E-state index in [0.29, 0.717) is 12.5 Å². The van der Waals surface area contributed by atoms with Gasteiger partial charge in [0.15, 0.2) is 0 Å². The van der Waals surface area contributed by atoms with E-state index in [-0.39, 0.29) is 0 Å². The summed E-state index contributed by atoms with van der Waals surface area (Å²) in [4.78, 5) is 4.05. The van der Waals surface area contributed by atoms with Gasteiger partial charge in [0.1, 0.15) is 5.75 Å². The quantitative estimate of drug-likeness (QED) is 0.754. The van der Waals surface area contributed by atoms with E-state index in [2.05, 4.69) is 18.8 Å². The SMILES string of the molecule is CCCCC(CC)COc1ccncc1CN. The van der Waals surface area contributed by atoms with E-state index in [9.17, 15) is 0 Å². The fourth-order valence-electron chi connectivity index (χ4n) is 1.81. The fraction of sp³-hybridized carbons (Fsp3) is 0.643. The van der Waals surface area contributed by atoms with Crippen molar-refractivity contribution in [3.63, 3.8) is 0 Å². The molecule has 0 saturated heterocycles. The summed E-state index contributed by atoms with van der Waals surface area (Å²) in [7, 11) is 0. The molecule has 96 valence electrons. The van der Waals surface area contributed by atoms with Gasteiger partial charge in [-0.1, -0.05) is 33.1 Å². The highest BCUT2D eigenvalue weighted by Gasteiger charge is 2.08. The van der Waals surface area contributed by atoms with Crippen molar-refractivity contribution >= 4 is 0 Å². The van der Waals surface area contributed by atoms with Crippen LogP contribution in [0.3, 0.4) is 0 Å². The average Bonchev–Trinajstić information content (AvgIpc) is 2.39. The van der Waals surface area contributed by atoms with Gasteiger partial charge in [0.05, 0.1) is 6.61 Å². The van der Waals surface area contributed by atoms with Gasteiger partial charge in [-0.2, -0.15) is 0 Å². The minimum absolute atomic E-state index is 0.481. The number of nitrogens with two attached hydrogens (primary N) is 1. The maximum absolute atomic E-state index is 5.86. The van der Waals surface area contributed by atoms with Gasteiger partial charge >= 0.3 is 0 Å². The third-order valence-electron chi connectivity index (χ3n) is 3.10. The molecule has 1 rings (SSSR count). The lowest BCUT2D eigenvalue weighted by molar-refractivity contribution is 0.231. The number of nitrogens with zero attached hydrogens (tertiary/aromatic N) is 1. The van der Waals surface area contributed by atoms with Gasteiger partial charge in [0, 0.05) is 24.5 Å². The van der Waals surface area contributed by atoms with Gasteiger partial charge in [0.2, 0.25) is 0 Å². The molecule has 0 saturated carbocycles. The zero-order valence-corrected chi connectivity index (χ0v) is 11.0. The molecule has 0 aromatic carbocycles. The molecule has 0 aliphatic rings. The molecular formula is C14H24N2O. The number of rotatable bonds is 8. The van der Waals surface area contributed by atoms with Gasteiger partial charge in [-0.15, -0.1) is 0 Å². The van der Waals surface area contributed by atoms with Crippen LogP contribution in [0.4, 0.5) is 0 Å². The first kappa shape index (κ1) is 14.0. The van der Waals surface area contributed by atoms with Gasteiger partial charge in [-0.25, -0.2) is 0 Å². The number of pyridine rings is 1. The van der Waals surface area contributed by atoms with Crippen molar-refractivity contribution in [3.05, 3.63) is 24.0 Å². The topological polar surface area (TPSA) is 48.1 Å². The molecule has 0 aliphatic heterocycles. The summed E-state index contributed by atoms with van der Waals surface area (Å²) in [5.74, 6) is 1.53. The number of hydrogen-bond acceptors (Lipinski definition) is 3. The van der Waals surface area contributed by atoms with Crippen LogP contribution in [-0.2, 0) is 6.54 Å². The molecule has 1 heterocycles. The molecule has 2 N–H and O–H groups in total. The van der Waals surface area contributed by atoms with Gasteiger partial charge < -0.3 is 10.5 Å². The zero-order valence-electron chi connectivity index (χ0n) is 11.0. The van der Waals surface area contributed by atoms with E-state index in [1.807, 2.05) is 6.07 Å². The summed E-state index contributed by atoms with van der Waals surface area (Å²) in [5.41, 5.74) is 6.63. The number of ether oxygens (including phenoxy) is 1. The predicted molar refractivity (Wildman–Crippen MR) is 70.9 cm³/mol. The summed E-state index contributed by atoms with van der Waals surface area (Å²) in [6, 6.07) is 1.90. The Balaban J connectivity index is 2.47. The van der Waals surface area contributed by atoms with Crippen LogP contribution in [0, 0.1) is 5.92 Å². The highest BCUT2D eigenvalue weighted by molar-refractivity contribution is 5.29. The van der Waals surface area contributed by atoms with Gasteiger partial charge in [-0.05, 0) is 18.4 Å². The molecule has 1 unspecified atom stereocenters. The lowest BCUT2D eigenvalue weighted by atomic mass is 10.0. The van der Waals surface area contributed by atoms with E-state index >= 15 is 0 Å². The van der Waals surface area contributed by atoms with E-state index in [1.54, 1.807) is 12.4 Å². The van der Waals surface area contributed by atoms with Crippen molar-refractivity contribution in [3.8, 4) is 5.75 Å². The predicted octanol–water partition coefficient (Wildman–Crippen LogP) is 3.14. The lowest BCUT2D eigenvalue weighted by Gasteiger charge is -2.16. The first-order valence-electron chi connectivity index (χ1n) is 6.57. The molecule has 1 aromatic heterocycles. The Morgan fingerprint density at radius 2 is 2.24 bits per heavy atom. The van der Waals surface area contributed by atoms with Crippen LogP contribution in [0.5, 0.6) is 5.75 Å². The monoisotopic (exact) mass is 236 g/mol. The molecule has 17 heavy (non-hydrogen) atoms. The summed E-state index contributed by atoms with van der Waals surface area (Å²) in [6.45, 7) is 5.71. The van der Waals surface area contributed by atoms with Crippen LogP contribution in [0.2, 0.25) is 0 Å². The number of hydrogen-bond donors (Lipinski definition) is 1. The zero-order chi connectivity index (χ0) is 12.5. The van der Waals surface area contributed by atoms with Crippen LogP contribution in [0.15, 0.2) is 18.5 Å². The maximum atomic E-state index is 5.86. The third-order valence-corrected chi connectivity index (χ3v) is 3.10. The molecule has 1 atom stereocenters. The Morgan fingerprint density at radius 3 is 2.88 bits per heavy atom. The smallest absolute Gasteiger partial charge is 0.126 e. The standard InChI is InChI=1S/C14H24N2O/c1-3-5-6-12(4-2)11-17-14-7-8-16-10-13(14)9-15/h7-8,10,12H,3-6,9,11,15H2,1-2H3. The van der Waals surface area contributed by atoms with Crippen molar-refractivity contribution in [1.82, 2.24) is 4.98 Å². The first-order chi connectivity index (χ1) is 8.31. The summed E-state index contributed by atoms with van der Waals surface area (Å²) >= 11 is 0. The molecule has 0 spiro atoms. The molecule has 0 fully saturated rings. The molecule has 3 nitrogen and oxygen atoms in total. The fourth-order valence-corrected chi connectivity index (χ4v) is 1.81. The van der Waals surface area contributed by atoms with Crippen LogP contribution >= 0.6 is 0 Å². The molecule has 0 bridgehead atoms. The molecule has 0 amide bonds. The van der Waals surface area contributed by atoms with E-state index in [0.717, 1.165) is 17.9 Å². The number of aromatic nitrogens is 1. The second-order valence-corrected chi connectivity index (χ2v) is 4.42. The Hall–Kier alpha value is -1.09. The Morgan fingerprint density at radius 1 is 1.41 bits per heavy atom. The average molecular weight is 236 g/mol. The Labute approximate surface area is 104 Å². The minimum atomic E-state index is 0.481. The van der Waals surface area contributed by atoms with E-state index in [4.69, 9.17) is 10.5 Å². The second kappa shape index (κ2) is 8.07. The number of unbranched alkanes of at least 4 members (excludes halogenated alkanes) is 1. The molecule has 0 radical (unpaired) electrons. The Kier molecular flexibility index (Phi) is 6.63. The van der Waals surface area contributed by atoms with Gasteiger partial charge in [0.25, 0.3) is 0 Å². The third kappa shape index (κ3) is 4.73. The van der Waals surface area contributed by atoms with E-state index < -0.39 is 0 Å². The maximum Gasteiger partial charge on any atom is 0.126 e. The largest absolute Gasteiger partial charge is 0.493 e. The van der Waals surface area contributed by atoms with Crippen molar-refractivity contribution < 1.29 is 4.74 Å². The highest BCUT2D eigenvalue weighted by atomic mass is 16.5. The van der Waals surface area contributed by atoms with E-state index in [1.165, 1.54) is 25.7 Å². The van der Waals surface area contributed by atoms with Crippen LogP contribution in [0.1, 0.15) is 45.1 Å². The summed E-state index contributed by atoms with van der Waals surface area (Å²) < 4.78 is 5.86. The normalized spacial score (nSPS) is 12.4. The second-order valence-electron chi connectivity index (χ2n) is 4.42. The van der Waals surface area contributed by atoms with Crippen LogP contribution in [-0.4, -0.2) is 11.6 Å².